The monoisotopic (exact) mass is 511 g/mol. The Morgan fingerprint density at radius 3 is 2.11 bits per heavy atom. The van der Waals surface area contributed by atoms with E-state index in [0.717, 1.165) is 37.1 Å². The van der Waals surface area contributed by atoms with E-state index in [-0.39, 0.29) is 16.4 Å². The Labute approximate surface area is 227 Å². The third kappa shape index (κ3) is 5.56. The summed E-state index contributed by atoms with van der Waals surface area (Å²) in [6.07, 6.45) is 5.06. The lowest BCUT2D eigenvalue weighted by molar-refractivity contribution is 0.0697. The minimum absolute atomic E-state index is 0.00682. The van der Waals surface area contributed by atoms with Crippen LogP contribution in [0.5, 0.6) is 0 Å². The Morgan fingerprint density at radius 2 is 1.53 bits per heavy atom. The Balaban J connectivity index is 1.79. The molecule has 1 unspecified atom stereocenters. The van der Waals surface area contributed by atoms with Crippen molar-refractivity contribution in [1.82, 2.24) is 0 Å². The third-order valence-corrected chi connectivity index (χ3v) is 8.22. The number of hydrogen-bond acceptors (Lipinski definition) is 3. The summed E-state index contributed by atoms with van der Waals surface area (Å²) in [5, 5.41) is 20.4. The number of aromatic carboxylic acids is 1. The fraction of sp³-hybridized carbons (Fsp3) is 0.382. The molecule has 3 aromatic rings. The van der Waals surface area contributed by atoms with Gasteiger partial charge >= 0.3 is 5.97 Å². The Bertz CT molecular complexity index is 1310. The van der Waals surface area contributed by atoms with Gasteiger partial charge in [0.1, 0.15) is 0 Å². The van der Waals surface area contributed by atoms with Crippen LogP contribution in [0.2, 0.25) is 0 Å². The number of carboxylic acid groups (broad SMARTS) is 1. The van der Waals surface area contributed by atoms with E-state index in [1.54, 1.807) is 30.3 Å². The average molecular weight is 512 g/mol. The van der Waals surface area contributed by atoms with Crippen molar-refractivity contribution in [2.75, 3.05) is 18.0 Å². The SMILES string of the molecule is CCN(CC)c1ccc(-c2cc(C(O)C=Cc3ccc(C(=O)O)cc3)cc3c2C(C)(C)CCC3(C)C)cc1. The van der Waals surface area contributed by atoms with E-state index < -0.39 is 12.1 Å². The van der Waals surface area contributed by atoms with Crippen LogP contribution < -0.4 is 4.90 Å². The van der Waals surface area contributed by atoms with Crippen LogP contribution in [0.15, 0.2) is 66.7 Å². The van der Waals surface area contributed by atoms with Crippen LogP contribution in [0.1, 0.15) is 93.1 Å². The molecule has 0 spiro atoms. The first-order valence-electron chi connectivity index (χ1n) is 13.7. The number of anilines is 1. The van der Waals surface area contributed by atoms with E-state index in [9.17, 15) is 9.90 Å². The summed E-state index contributed by atoms with van der Waals surface area (Å²) in [5.74, 6) is -0.946. The molecule has 3 aromatic carbocycles. The summed E-state index contributed by atoms with van der Waals surface area (Å²) in [4.78, 5) is 13.5. The van der Waals surface area contributed by atoms with Crippen molar-refractivity contribution < 1.29 is 15.0 Å². The van der Waals surface area contributed by atoms with Gasteiger partial charge in [-0.15, -0.1) is 0 Å². The second-order valence-corrected chi connectivity index (χ2v) is 11.7. The molecule has 1 atom stereocenters. The highest BCUT2D eigenvalue weighted by Crippen LogP contribution is 2.50. The fourth-order valence-corrected chi connectivity index (χ4v) is 5.70. The van der Waals surface area contributed by atoms with E-state index in [4.69, 9.17) is 5.11 Å². The summed E-state index contributed by atoms with van der Waals surface area (Å²) in [5.41, 5.74) is 8.29. The van der Waals surface area contributed by atoms with Crippen molar-refractivity contribution in [1.29, 1.82) is 0 Å². The molecular formula is C34H41NO3. The van der Waals surface area contributed by atoms with Crippen LogP contribution in [0.25, 0.3) is 17.2 Å². The van der Waals surface area contributed by atoms with Crippen molar-refractivity contribution in [3.05, 3.63) is 94.6 Å². The summed E-state index contributed by atoms with van der Waals surface area (Å²) < 4.78 is 0. The predicted molar refractivity (Wildman–Crippen MR) is 158 cm³/mol. The molecule has 1 aliphatic carbocycles. The third-order valence-electron chi connectivity index (χ3n) is 8.22. The molecule has 4 rings (SSSR count). The smallest absolute Gasteiger partial charge is 0.335 e. The zero-order valence-corrected chi connectivity index (χ0v) is 23.6. The highest BCUT2D eigenvalue weighted by Gasteiger charge is 2.39. The van der Waals surface area contributed by atoms with Gasteiger partial charge in [-0.3, -0.25) is 0 Å². The highest BCUT2D eigenvalue weighted by atomic mass is 16.4. The molecule has 4 nitrogen and oxygen atoms in total. The van der Waals surface area contributed by atoms with Crippen molar-refractivity contribution in [3.8, 4) is 11.1 Å². The molecule has 2 N–H and O–H groups in total. The predicted octanol–water partition coefficient (Wildman–Crippen LogP) is 7.99. The number of aliphatic hydroxyl groups is 1. The molecule has 0 aromatic heterocycles. The summed E-state index contributed by atoms with van der Waals surface area (Å²) in [6.45, 7) is 15.6. The quantitative estimate of drug-likeness (QED) is 0.322. The minimum atomic E-state index is -0.946. The zero-order valence-electron chi connectivity index (χ0n) is 23.6. The molecule has 0 bridgehead atoms. The minimum Gasteiger partial charge on any atom is -0.478 e. The van der Waals surface area contributed by atoms with E-state index in [2.05, 4.69) is 82.8 Å². The summed E-state index contributed by atoms with van der Waals surface area (Å²) in [6, 6.07) is 19.9. The van der Waals surface area contributed by atoms with Gasteiger partial charge in [0.25, 0.3) is 0 Å². The molecule has 200 valence electrons. The van der Waals surface area contributed by atoms with Crippen LogP contribution in [0, 0.1) is 0 Å². The van der Waals surface area contributed by atoms with E-state index in [1.165, 1.54) is 27.9 Å². The number of hydrogen-bond donors (Lipinski definition) is 2. The van der Waals surface area contributed by atoms with Gasteiger partial charge in [-0.2, -0.15) is 0 Å². The van der Waals surface area contributed by atoms with E-state index in [1.807, 2.05) is 6.08 Å². The van der Waals surface area contributed by atoms with Crippen LogP contribution in [-0.2, 0) is 10.8 Å². The summed E-state index contributed by atoms with van der Waals surface area (Å²) >= 11 is 0. The maximum Gasteiger partial charge on any atom is 0.335 e. The van der Waals surface area contributed by atoms with Gasteiger partial charge < -0.3 is 15.1 Å². The molecule has 0 saturated heterocycles. The average Bonchev–Trinajstić information content (AvgIpc) is 2.90. The molecule has 0 fully saturated rings. The molecule has 38 heavy (non-hydrogen) atoms. The lowest BCUT2D eigenvalue weighted by Crippen LogP contribution is -2.34. The number of rotatable bonds is 8. The lowest BCUT2D eigenvalue weighted by Gasteiger charge is -2.43. The van der Waals surface area contributed by atoms with Crippen LogP contribution in [0.3, 0.4) is 0 Å². The molecule has 0 heterocycles. The van der Waals surface area contributed by atoms with Gasteiger partial charge in [0.05, 0.1) is 11.7 Å². The van der Waals surface area contributed by atoms with Crippen molar-refractivity contribution in [3.63, 3.8) is 0 Å². The van der Waals surface area contributed by atoms with Crippen molar-refractivity contribution >= 4 is 17.7 Å². The van der Waals surface area contributed by atoms with E-state index in [0.29, 0.717) is 0 Å². The number of fused-ring (bicyclic) bond motifs is 1. The second kappa shape index (κ2) is 10.8. The molecule has 0 aliphatic heterocycles. The topological polar surface area (TPSA) is 60.8 Å². The maximum atomic E-state index is 11.3. The Kier molecular flexibility index (Phi) is 7.85. The maximum absolute atomic E-state index is 11.3. The fourth-order valence-electron chi connectivity index (χ4n) is 5.70. The van der Waals surface area contributed by atoms with Gasteiger partial charge in [-0.1, -0.05) is 70.2 Å². The van der Waals surface area contributed by atoms with Gasteiger partial charge in [-0.05, 0) is 101 Å². The van der Waals surface area contributed by atoms with Crippen molar-refractivity contribution in [2.24, 2.45) is 0 Å². The Hall–Kier alpha value is -3.37. The van der Waals surface area contributed by atoms with Crippen LogP contribution in [0.4, 0.5) is 5.69 Å². The second-order valence-electron chi connectivity index (χ2n) is 11.7. The largest absolute Gasteiger partial charge is 0.478 e. The normalized spacial score (nSPS) is 16.7. The molecule has 1 aliphatic rings. The number of aliphatic hydroxyl groups excluding tert-OH is 1. The first kappa shape index (κ1) is 27.7. The molecule has 0 saturated carbocycles. The van der Waals surface area contributed by atoms with Crippen LogP contribution in [-0.4, -0.2) is 29.3 Å². The summed E-state index contributed by atoms with van der Waals surface area (Å²) in [7, 11) is 0. The number of carbonyl (C=O) groups is 1. The molecule has 4 heteroatoms. The standard InChI is InChI=1S/C34H41NO3/c1-7-35(8-2)27-16-14-24(15-17-27)28-21-26(22-29-31(28)34(5,6)20-19-33(29,3)4)30(36)18-11-23-9-12-25(13-10-23)32(37)38/h9-18,21-22,30,36H,7-8,19-20H2,1-6H3,(H,37,38). The van der Waals surface area contributed by atoms with E-state index >= 15 is 0 Å². The Morgan fingerprint density at radius 1 is 0.921 bits per heavy atom. The van der Waals surface area contributed by atoms with Gasteiger partial charge in [-0.25, -0.2) is 4.79 Å². The molecule has 0 amide bonds. The van der Waals surface area contributed by atoms with Crippen molar-refractivity contribution in [2.45, 2.75) is 71.3 Å². The highest BCUT2D eigenvalue weighted by molar-refractivity contribution is 5.87. The first-order valence-corrected chi connectivity index (χ1v) is 13.7. The number of nitrogens with zero attached hydrogens (tertiary/aromatic N) is 1. The zero-order chi connectivity index (χ0) is 27.7. The first-order chi connectivity index (χ1) is 18.0. The molecule has 0 radical (unpaired) electrons. The van der Waals surface area contributed by atoms with Gasteiger partial charge in [0, 0.05) is 18.8 Å². The lowest BCUT2D eigenvalue weighted by atomic mass is 9.61. The van der Waals surface area contributed by atoms with Gasteiger partial charge in [0.2, 0.25) is 0 Å². The molecular weight excluding hydrogens is 470 g/mol. The van der Waals surface area contributed by atoms with Gasteiger partial charge in [0.15, 0.2) is 0 Å². The number of carboxylic acids is 1. The van der Waals surface area contributed by atoms with Crippen LogP contribution >= 0.6 is 0 Å². The number of benzene rings is 3.